The van der Waals surface area contributed by atoms with Crippen LogP contribution in [-0.4, -0.2) is 31.4 Å². The minimum atomic E-state index is -1.30. The van der Waals surface area contributed by atoms with Gasteiger partial charge in [-0.2, -0.15) is 0 Å². The number of hydrogen-bond acceptors (Lipinski definition) is 4. The Balaban J connectivity index is 2.85. The molecule has 15 heavy (non-hydrogen) atoms. The molecule has 0 amide bonds. The van der Waals surface area contributed by atoms with Crippen LogP contribution in [0.3, 0.4) is 0 Å². The average molecular weight is 210 g/mol. The van der Waals surface area contributed by atoms with Crippen LogP contribution in [-0.2, 0) is 14.3 Å². The topological polar surface area (TPSA) is 55.8 Å². The monoisotopic (exact) mass is 210 g/mol. The predicted molar refractivity (Wildman–Crippen MR) is 54.2 cm³/mol. The molecule has 0 bridgehead atoms. The molecule has 1 aromatic carbocycles. The summed E-state index contributed by atoms with van der Waals surface area (Å²) in [5.74, 6) is -0.703. The molecule has 0 aliphatic heterocycles. The Hall–Kier alpha value is -1.39. The van der Waals surface area contributed by atoms with Crippen molar-refractivity contribution in [3.8, 4) is 0 Å². The van der Waals surface area contributed by atoms with E-state index in [-0.39, 0.29) is 0 Å². The maximum Gasteiger partial charge on any atom is 0.337 e. The fraction of sp³-hybridized carbons (Fsp3) is 0.364. The molecule has 0 aliphatic rings. The highest BCUT2D eigenvalue weighted by molar-refractivity contribution is 5.75. The fourth-order valence-corrected chi connectivity index (χ4v) is 1.33. The first-order valence-corrected chi connectivity index (χ1v) is 4.54. The fourth-order valence-electron chi connectivity index (χ4n) is 1.33. The molecule has 82 valence electrons. The summed E-state index contributed by atoms with van der Waals surface area (Å²) in [4.78, 5) is 11.1. The third-order valence-corrected chi connectivity index (χ3v) is 2.11. The molecule has 0 saturated carbocycles. The highest BCUT2D eigenvalue weighted by Crippen LogP contribution is 2.20. The van der Waals surface area contributed by atoms with E-state index in [4.69, 9.17) is 4.74 Å². The van der Waals surface area contributed by atoms with E-state index in [1.165, 1.54) is 14.2 Å². The smallest absolute Gasteiger partial charge is 0.337 e. The molecule has 4 nitrogen and oxygen atoms in total. The molecule has 2 atom stereocenters. The highest BCUT2D eigenvalue weighted by Gasteiger charge is 2.27. The van der Waals surface area contributed by atoms with Gasteiger partial charge in [0, 0.05) is 7.11 Å². The van der Waals surface area contributed by atoms with Gasteiger partial charge in [0.2, 0.25) is 0 Å². The SMILES string of the molecule is COC(=O)[C@@H](O)[C@@H](OC)c1ccccc1. The lowest BCUT2D eigenvalue weighted by Gasteiger charge is -2.19. The van der Waals surface area contributed by atoms with Gasteiger partial charge in [-0.05, 0) is 5.56 Å². The van der Waals surface area contributed by atoms with E-state index in [2.05, 4.69) is 4.74 Å². The predicted octanol–water partition coefficient (Wildman–Crippen LogP) is 0.908. The number of methoxy groups -OCH3 is 2. The first-order chi connectivity index (χ1) is 7.20. The van der Waals surface area contributed by atoms with E-state index in [1.807, 2.05) is 18.2 Å². The molecular weight excluding hydrogens is 196 g/mol. The number of ether oxygens (including phenoxy) is 2. The summed E-state index contributed by atoms with van der Waals surface area (Å²) in [5, 5.41) is 9.63. The summed E-state index contributed by atoms with van der Waals surface area (Å²) >= 11 is 0. The minimum absolute atomic E-state index is 0.696. The summed E-state index contributed by atoms with van der Waals surface area (Å²) in [5.41, 5.74) is 0.734. The van der Waals surface area contributed by atoms with Gasteiger partial charge in [-0.3, -0.25) is 0 Å². The van der Waals surface area contributed by atoms with E-state index in [0.717, 1.165) is 5.56 Å². The van der Waals surface area contributed by atoms with E-state index < -0.39 is 18.2 Å². The standard InChI is InChI=1S/C11H14O4/c1-14-10(9(12)11(13)15-2)8-6-4-3-5-7-8/h3-7,9-10,12H,1-2H3/t9-,10-/m0/s1. The molecule has 0 aliphatic carbocycles. The van der Waals surface area contributed by atoms with E-state index in [0.29, 0.717) is 0 Å². The van der Waals surface area contributed by atoms with Gasteiger partial charge in [0.25, 0.3) is 0 Å². The lowest BCUT2D eigenvalue weighted by Crippen LogP contribution is -2.30. The van der Waals surface area contributed by atoms with Crippen molar-refractivity contribution in [1.29, 1.82) is 0 Å². The largest absolute Gasteiger partial charge is 0.467 e. The van der Waals surface area contributed by atoms with Gasteiger partial charge in [-0.1, -0.05) is 30.3 Å². The Labute approximate surface area is 88.4 Å². The Morgan fingerprint density at radius 3 is 2.33 bits per heavy atom. The zero-order chi connectivity index (χ0) is 11.3. The van der Waals surface area contributed by atoms with Crippen LogP contribution in [0.2, 0.25) is 0 Å². The molecule has 0 unspecified atom stereocenters. The van der Waals surface area contributed by atoms with E-state index in [1.54, 1.807) is 12.1 Å². The third-order valence-electron chi connectivity index (χ3n) is 2.11. The van der Waals surface area contributed by atoms with Crippen molar-refractivity contribution in [2.45, 2.75) is 12.2 Å². The van der Waals surface area contributed by atoms with E-state index in [9.17, 15) is 9.90 Å². The number of carbonyl (C=O) groups is 1. The summed E-state index contributed by atoms with van der Waals surface area (Å²) in [6.45, 7) is 0. The quantitative estimate of drug-likeness (QED) is 0.750. The molecule has 4 heteroatoms. The molecule has 1 N–H and O–H groups in total. The van der Waals surface area contributed by atoms with Crippen LogP contribution in [0.1, 0.15) is 11.7 Å². The van der Waals surface area contributed by atoms with Crippen LogP contribution >= 0.6 is 0 Å². The zero-order valence-electron chi connectivity index (χ0n) is 8.71. The lowest BCUT2D eigenvalue weighted by atomic mass is 10.0. The molecule has 0 aromatic heterocycles. The second-order valence-electron chi connectivity index (χ2n) is 3.03. The number of aliphatic hydroxyl groups excluding tert-OH is 1. The number of carbonyl (C=O) groups excluding carboxylic acids is 1. The van der Waals surface area contributed by atoms with Crippen molar-refractivity contribution in [3.05, 3.63) is 35.9 Å². The van der Waals surface area contributed by atoms with Crippen LogP contribution in [0, 0.1) is 0 Å². The van der Waals surface area contributed by atoms with Gasteiger partial charge >= 0.3 is 5.97 Å². The van der Waals surface area contributed by atoms with Crippen molar-refractivity contribution in [1.82, 2.24) is 0 Å². The number of esters is 1. The lowest BCUT2D eigenvalue weighted by molar-refractivity contribution is -0.158. The summed E-state index contributed by atoms with van der Waals surface area (Å²) in [6, 6.07) is 9.03. The van der Waals surface area contributed by atoms with Gasteiger partial charge < -0.3 is 14.6 Å². The first kappa shape index (κ1) is 11.7. The number of aliphatic hydroxyl groups is 1. The third kappa shape index (κ3) is 2.78. The van der Waals surface area contributed by atoms with Gasteiger partial charge in [-0.25, -0.2) is 4.79 Å². The minimum Gasteiger partial charge on any atom is -0.467 e. The van der Waals surface area contributed by atoms with Crippen LogP contribution in [0.25, 0.3) is 0 Å². The number of hydrogen-bond donors (Lipinski definition) is 1. The number of rotatable bonds is 4. The van der Waals surface area contributed by atoms with Crippen molar-refractivity contribution >= 4 is 5.97 Å². The summed E-state index contributed by atoms with van der Waals surface area (Å²) in [7, 11) is 2.66. The summed E-state index contributed by atoms with van der Waals surface area (Å²) < 4.78 is 9.52. The second kappa shape index (κ2) is 5.48. The van der Waals surface area contributed by atoms with Gasteiger partial charge in [-0.15, -0.1) is 0 Å². The van der Waals surface area contributed by atoms with Gasteiger partial charge in [0.15, 0.2) is 6.10 Å². The Morgan fingerprint density at radius 2 is 1.87 bits per heavy atom. The second-order valence-corrected chi connectivity index (χ2v) is 3.03. The normalized spacial score (nSPS) is 14.3. The molecule has 0 fully saturated rings. The van der Waals surface area contributed by atoms with Crippen LogP contribution in [0.5, 0.6) is 0 Å². The maximum atomic E-state index is 11.1. The van der Waals surface area contributed by atoms with E-state index >= 15 is 0 Å². The first-order valence-electron chi connectivity index (χ1n) is 4.54. The Kier molecular flexibility index (Phi) is 4.27. The Bertz CT molecular complexity index is 310. The van der Waals surface area contributed by atoms with Crippen LogP contribution in [0.15, 0.2) is 30.3 Å². The maximum absolute atomic E-state index is 11.1. The Morgan fingerprint density at radius 1 is 1.27 bits per heavy atom. The molecule has 1 aromatic rings. The molecule has 0 radical (unpaired) electrons. The van der Waals surface area contributed by atoms with Crippen LogP contribution < -0.4 is 0 Å². The average Bonchev–Trinajstić information content (AvgIpc) is 2.30. The van der Waals surface area contributed by atoms with Crippen molar-refractivity contribution < 1.29 is 19.4 Å². The zero-order valence-corrected chi connectivity index (χ0v) is 8.71. The highest BCUT2D eigenvalue weighted by atomic mass is 16.5. The summed E-state index contributed by atoms with van der Waals surface area (Å²) in [6.07, 6.45) is -2.00. The molecule has 0 saturated heterocycles. The van der Waals surface area contributed by atoms with Crippen LogP contribution in [0.4, 0.5) is 0 Å². The van der Waals surface area contributed by atoms with Gasteiger partial charge in [0.1, 0.15) is 6.10 Å². The van der Waals surface area contributed by atoms with Crippen molar-refractivity contribution in [2.75, 3.05) is 14.2 Å². The van der Waals surface area contributed by atoms with Crippen molar-refractivity contribution in [3.63, 3.8) is 0 Å². The molecular formula is C11H14O4. The van der Waals surface area contributed by atoms with Gasteiger partial charge in [0.05, 0.1) is 7.11 Å². The molecule has 1 rings (SSSR count). The number of benzene rings is 1. The van der Waals surface area contributed by atoms with Crippen molar-refractivity contribution in [2.24, 2.45) is 0 Å². The molecule has 0 spiro atoms. The molecule has 0 heterocycles.